The highest BCUT2D eigenvalue weighted by atomic mass is 32.7. The molecule has 7 heteroatoms. The van der Waals surface area contributed by atoms with Crippen LogP contribution in [0, 0.1) is 0 Å². The summed E-state index contributed by atoms with van der Waals surface area (Å²) in [6, 6.07) is 5.84. The Hall–Kier alpha value is -1.10. The molecule has 5 nitrogen and oxygen atoms in total. The van der Waals surface area contributed by atoms with Crippen LogP contribution in [0.25, 0.3) is 0 Å². The van der Waals surface area contributed by atoms with Gasteiger partial charge in [-0.25, -0.2) is 4.79 Å². The number of benzene rings is 1. The van der Waals surface area contributed by atoms with E-state index in [4.69, 9.17) is 0 Å². The number of hydrogen-bond donors (Lipinski definition) is 1. The lowest BCUT2D eigenvalue weighted by Crippen LogP contribution is -1.99. The molecule has 1 aromatic rings. The minimum atomic E-state index is -2.27. The summed E-state index contributed by atoms with van der Waals surface area (Å²) in [6.07, 6.45) is 0. The van der Waals surface area contributed by atoms with E-state index in [1.807, 2.05) is 0 Å². The maximum Gasteiger partial charge on any atom is 0.668 e. The third kappa shape index (κ3) is 3.51. The third-order valence-electron chi connectivity index (χ3n) is 1.42. The van der Waals surface area contributed by atoms with Crippen molar-refractivity contribution in [1.29, 1.82) is 0 Å². The second-order valence-electron chi connectivity index (χ2n) is 2.36. The van der Waals surface area contributed by atoms with Gasteiger partial charge in [0.25, 0.3) is 0 Å². The second kappa shape index (κ2) is 5.70. The SMILES string of the molecule is COS[P+](=O)OC(=O)c1ccccc1O. The van der Waals surface area contributed by atoms with Crippen LogP contribution in [-0.4, -0.2) is 18.2 Å². The van der Waals surface area contributed by atoms with Gasteiger partial charge in [0.15, 0.2) is 0 Å². The molecule has 0 amide bonds. The predicted octanol–water partition coefficient (Wildman–Crippen LogP) is 2.50. The van der Waals surface area contributed by atoms with E-state index in [1.54, 1.807) is 12.1 Å². The fourth-order valence-electron chi connectivity index (χ4n) is 0.839. The molecule has 0 saturated carbocycles. The van der Waals surface area contributed by atoms with E-state index in [1.165, 1.54) is 19.2 Å². The van der Waals surface area contributed by atoms with Crippen LogP contribution in [0.15, 0.2) is 24.3 Å². The zero-order valence-corrected chi connectivity index (χ0v) is 9.46. The Bertz CT molecular complexity index is 381. The van der Waals surface area contributed by atoms with Gasteiger partial charge in [-0.05, 0) is 16.7 Å². The van der Waals surface area contributed by atoms with Gasteiger partial charge in [0.05, 0.1) is 7.11 Å². The Morgan fingerprint density at radius 2 is 2.13 bits per heavy atom. The van der Waals surface area contributed by atoms with Gasteiger partial charge in [-0.3, -0.25) is 4.18 Å². The zero-order valence-electron chi connectivity index (χ0n) is 7.75. The summed E-state index contributed by atoms with van der Waals surface area (Å²) in [5.41, 5.74) is -0.0300. The monoisotopic (exact) mass is 247 g/mol. The van der Waals surface area contributed by atoms with Crippen molar-refractivity contribution >= 4 is 24.9 Å². The molecule has 0 heterocycles. The van der Waals surface area contributed by atoms with Crippen LogP contribution < -0.4 is 0 Å². The maximum atomic E-state index is 11.3. The molecule has 0 fully saturated rings. The molecule has 1 aromatic carbocycles. The summed E-state index contributed by atoms with van der Waals surface area (Å²) in [6.45, 7) is 0. The lowest BCUT2D eigenvalue weighted by Gasteiger charge is -1.96. The summed E-state index contributed by atoms with van der Waals surface area (Å²) in [5.74, 6) is -1.06. The minimum absolute atomic E-state index is 0.0300. The van der Waals surface area contributed by atoms with Crippen molar-refractivity contribution in [2.75, 3.05) is 7.11 Å². The Morgan fingerprint density at radius 3 is 2.73 bits per heavy atom. The molecular weight excluding hydrogens is 239 g/mol. The fourth-order valence-corrected chi connectivity index (χ4v) is 1.88. The highest BCUT2D eigenvalue weighted by molar-refractivity contribution is 8.47. The van der Waals surface area contributed by atoms with Gasteiger partial charge in [0.2, 0.25) is 0 Å². The van der Waals surface area contributed by atoms with Crippen molar-refractivity contribution in [2.45, 2.75) is 0 Å². The zero-order chi connectivity index (χ0) is 11.3. The quantitative estimate of drug-likeness (QED) is 0.651. The molecule has 0 spiro atoms. The summed E-state index contributed by atoms with van der Waals surface area (Å²) in [4.78, 5) is 11.3. The van der Waals surface area contributed by atoms with Crippen molar-refractivity contribution < 1.29 is 23.2 Å². The number of carbonyl (C=O) groups is 1. The van der Waals surface area contributed by atoms with Crippen LogP contribution in [0.3, 0.4) is 0 Å². The van der Waals surface area contributed by atoms with Crippen molar-refractivity contribution in [3.63, 3.8) is 0 Å². The van der Waals surface area contributed by atoms with Crippen LogP contribution >= 0.6 is 18.9 Å². The second-order valence-corrected chi connectivity index (χ2v) is 4.81. The molecule has 1 rings (SSSR count). The van der Waals surface area contributed by atoms with Crippen LogP contribution in [0.2, 0.25) is 0 Å². The molecular formula is C8H8O5PS+. The van der Waals surface area contributed by atoms with E-state index in [2.05, 4.69) is 8.71 Å². The standard InChI is InChI=1S/C8H7O5PS/c1-12-15-14(11)13-8(10)6-4-2-3-5-7(6)9/h2-5H,1H3/p+1. The first kappa shape index (κ1) is 12.0. The van der Waals surface area contributed by atoms with E-state index < -0.39 is 13.2 Å². The van der Waals surface area contributed by atoms with Crippen LogP contribution in [-0.2, 0) is 13.3 Å². The van der Waals surface area contributed by atoms with Gasteiger partial charge in [0, 0.05) is 0 Å². The van der Waals surface area contributed by atoms with E-state index in [-0.39, 0.29) is 11.3 Å². The number of phenolic OH excluding ortho intramolecular Hbond substituents is 1. The normalized spacial score (nSPS) is 10.9. The Balaban J connectivity index is 2.70. The van der Waals surface area contributed by atoms with E-state index in [0.717, 1.165) is 0 Å². The van der Waals surface area contributed by atoms with E-state index in [9.17, 15) is 14.5 Å². The Morgan fingerprint density at radius 1 is 1.47 bits per heavy atom. The number of carbonyl (C=O) groups excluding carboxylic acids is 1. The van der Waals surface area contributed by atoms with Crippen molar-refractivity contribution in [3.8, 4) is 5.75 Å². The van der Waals surface area contributed by atoms with Crippen molar-refractivity contribution in [1.82, 2.24) is 0 Å². The van der Waals surface area contributed by atoms with Gasteiger partial charge >= 0.3 is 24.9 Å². The van der Waals surface area contributed by atoms with Gasteiger partial charge in [-0.2, -0.15) is 4.52 Å². The van der Waals surface area contributed by atoms with Gasteiger partial charge < -0.3 is 5.11 Å². The van der Waals surface area contributed by atoms with E-state index >= 15 is 0 Å². The summed E-state index contributed by atoms with van der Waals surface area (Å²) >= 11 is 0.545. The molecule has 80 valence electrons. The molecule has 1 atom stereocenters. The lowest BCUT2D eigenvalue weighted by molar-refractivity contribution is 0.0750. The summed E-state index contributed by atoms with van der Waals surface area (Å²) in [5, 5.41) is 9.29. The maximum absolute atomic E-state index is 11.3. The van der Waals surface area contributed by atoms with Crippen molar-refractivity contribution in [3.05, 3.63) is 29.8 Å². The van der Waals surface area contributed by atoms with Gasteiger partial charge in [-0.15, -0.1) is 0 Å². The minimum Gasteiger partial charge on any atom is -0.507 e. The number of hydrogen-bond acceptors (Lipinski definition) is 6. The van der Waals surface area contributed by atoms with Gasteiger partial charge in [0.1, 0.15) is 11.3 Å². The first-order chi connectivity index (χ1) is 7.15. The molecule has 0 aromatic heterocycles. The summed E-state index contributed by atoms with van der Waals surface area (Å²) in [7, 11) is -0.961. The lowest BCUT2D eigenvalue weighted by atomic mass is 10.2. The molecule has 0 saturated heterocycles. The number of phenols is 1. The number of aromatic hydroxyl groups is 1. The first-order valence-electron chi connectivity index (χ1n) is 3.83. The first-order valence-corrected chi connectivity index (χ1v) is 6.36. The van der Waals surface area contributed by atoms with Crippen LogP contribution in [0.5, 0.6) is 5.75 Å². The fraction of sp³-hybridized carbons (Fsp3) is 0.125. The molecule has 1 unspecified atom stereocenters. The highest BCUT2D eigenvalue weighted by Crippen LogP contribution is 2.40. The molecule has 15 heavy (non-hydrogen) atoms. The topological polar surface area (TPSA) is 72.8 Å². The van der Waals surface area contributed by atoms with Gasteiger partial charge in [-0.1, -0.05) is 12.1 Å². The number of para-hydroxylation sites is 1. The van der Waals surface area contributed by atoms with Crippen LogP contribution in [0.4, 0.5) is 0 Å². The van der Waals surface area contributed by atoms with Crippen LogP contribution in [0.1, 0.15) is 10.4 Å². The Labute approximate surface area is 91.2 Å². The smallest absolute Gasteiger partial charge is 0.507 e. The average molecular weight is 247 g/mol. The predicted molar refractivity (Wildman–Crippen MR) is 55.7 cm³/mol. The third-order valence-corrected chi connectivity index (χ3v) is 3.04. The average Bonchev–Trinajstić information content (AvgIpc) is 2.18. The molecule has 0 bridgehead atoms. The largest absolute Gasteiger partial charge is 0.668 e. The van der Waals surface area contributed by atoms with E-state index in [0.29, 0.717) is 11.7 Å². The molecule has 0 radical (unpaired) electrons. The molecule has 0 aliphatic heterocycles. The molecule has 0 aliphatic carbocycles. The Kier molecular flexibility index (Phi) is 4.55. The molecule has 1 N–H and O–H groups in total. The number of rotatable bonds is 4. The highest BCUT2D eigenvalue weighted by Gasteiger charge is 2.28. The molecule has 0 aliphatic rings. The summed E-state index contributed by atoms with van der Waals surface area (Å²) < 4.78 is 20.0. The van der Waals surface area contributed by atoms with Crippen molar-refractivity contribution in [2.24, 2.45) is 0 Å².